The van der Waals surface area contributed by atoms with E-state index < -0.39 is 0 Å². The van der Waals surface area contributed by atoms with Gasteiger partial charge in [-0.3, -0.25) is 4.98 Å². The lowest BCUT2D eigenvalue weighted by Gasteiger charge is -2.15. The second-order valence-corrected chi connectivity index (χ2v) is 9.96. The number of hydrogen-bond acceptors (Lipinski definition) is 3. The van der Waals surface area contributed by atoms with Crippen molar-refractivity contribution in [2.75, 3.05) is 0 Å². The van der Waals surface area contributed by atoms with Gasteiger partial charge in [0.05, 0.1) is 34.0 Å². The first-order valence-corrected chi connectivity index (χ1v) is 13.2. The van der Waals surface area contributed by atoms with E-state index in [0.717, 1.165) is 66.4 Å². The summed E-state index contributed by atoms with van der Waals surface area (Å²) in [6.07, 6.45) is 1.69. The van der Waals surface area contributed by atoms with E-state index in [1.807, 2.05) is 24.3 Å². The van der Waals surface area contributed by atoms with Gasteiger partial charge in [-0.25, -0.2) is 0 Å². The first-order valence-electron chi connectivity index (χ1n) is 13.2. The van der Waals surface area contributed by atoms with Crippen LogP contribution in [0.25, 0.3) is 71.8 Å². The normalized spacial score (nSPS) is 11.5. The molecule has 0 atom stereocenters. The molecular formula is C36H21N3O. The smallest absolute Gasteiger partial charge is 0.136 e. The SMILES string of the molecule is N#Cc1ccnc(-c2cccc(-c3ccccc3-n3c4ccccc4c4cc5oc6ccccc6c5cc43)c2)c1. The number of para-hydroxylation sites is 3. The summed E-state index contributed by atoms with van der Waals surface area (Å²) >= 11 is 0. The zero-order valence-electron chi connectivity index (χ0n) is 21.4. The lowest BCUT2D eigenvalue weighted by Crippen LogP contribution is -1.97. The minimum absolute atomic E-state index is 0.596. The molecule has 0 spiro atoms. The molecule has 8 aromatic rings. The lowest BCUT2D eigenvalue weighted by molar-refractivity contribution is 0.669. The highest BCUT2D eigenvalue weighted by atomic mass is 16.3. The summed E-state index contributed by atoms with van der Waals surface area (Å²) in [4.78, 5) is 4.53. The average molecular weight is 512 g/mol. The fourth-order valence-corrected chi connectivity index (χ4v) is 5.86. The zero-order valence-corrected chi connectivity index (χ0v) is 21.4. The fraction of sp³-hybridized carbons (Fsp3) is 0. The van der Waals surface area contributed by atoms with Crippen molar-refractivity contribution in [3.8, 4) is 34.1 Å². The van der Waals surface area contributed by atoms with Crippen molar-refractivity contribution < 1.29 is 4.42 Å². The topological polar surface area (TPSA) is 54.8 Å². The number of aromatic nitrogens is 2. The number of hydrogen-bond donors (Lipinski definition) is 0. The van der Waals surface area contributed by atoms with Gasteiger partial charge in [-0.05, 0) is 54.1 Å². The van der Waals surface area contributed by atoms with Gasteiger partial charge in [0.1, 0.15) is 11.2 Å². The van der Waals surface area contributed by atoms with Crippen LogP contribution in [0.3, 0.4) is 0 Å². The second-order valence-electron chi connectivity index (χ2n) is 9.96. The van der Waals surface area contributed by atoms with E-state index in [0.29, 0.717) is 5.56 Å². The first kappa shape index (κ1) is 22.3. The summed E-state index contributed by atoms with van der Waals surface area (Å²) in [5.41, 5.74) is 9.70. The Morgan fingerprint density at radius 1 is 0.600 bits per heavy atom. The van der Waals surface area contributed by atoms with E-state index >= 15 is 0 Å². The molecule has 0 saturated heterocycles. The van der Waals surface area contributed by atoms with Gasteiger partial charge >= 0.3 is 0 Å². The molecule has 0 saturated carbocycles. The van der Waals surface area contributed by atoms with Gasteiger partial charge in [0.25, 0.3) is 0 Å². The van der Waals surface area contributed by atoms with E-state index in [1.165, 1.54) is 5.39 Å². The summed E-state index contributed by atoms with van der Waals surface area (Å²) in [6.45, 7) is 0. The highest BCUT2D eigenvalue weighted by molar-refractivity contribution is 6.17. The van der Waals surface area contributed by atoms with E-state index in [1.54, 1.807) is 12.3 Å². The van der Waals surface area contributed by atoms with Gasteiger partial charge in [-0.15, -0.1) is 0 Å². The van der Waals surface area contributed by atoms with Gasteiger partial charge < -0.3 is 8.98 Å². The van der Waals surface area contributed by atoms with Crippen molar-refractivity contribution in [3.63, 3.8) is 0 Å². The Balaban J connectivity index is 1.40. The Bertz CT molecular complexity index is 2300. The first-order chi connectivity index (χ1) is 19.8. The van der Waals surface area contributed by atoms with Gasteiger partial charge in [0.15, 0.2) is 0 Å². The number of fused-ring (bicyclic) bond motifs is 6. The summed E-state index contributed by atoms with van der Waals surface area (Å²) < 4.78 is 8.62. The summed E-state index contributed by atoms with van der Waals surface area (Å²) in [5.74, 6) is 0. The largest absolute Gasteiger partial charge is 0.456 e. The van der Waals surface area contributed by atoms with E-state index in [9.17, 15) is 5.26 Å². The molecule has 0 aliphatic rings. The monoisotopic (exact) mass is 511 g/mol. The molecule has 4 nitrogen and oxygen atoms in total. The zero-order chi connectivity index (χ0) is 26.6. The third-order valence-corrected chi connectivity index (χ3v) is 7.67. The van der Waals surface area contributed by atoms with Gasteiger partial charge in [-0.1, -0.05) is 72.8 Å². The van der Waals surface area contributed by atoms with Crippen LogP contribution in [0.2, 0.25) is 0 Å². The maximum Gasteiger partial charge on any atom is 0.136 e. The fourth-order valence-electron chi connectivity index (χ4n) is 5.86. The van der Waals surface area contributed by atoms with E-state index in [-0.39, 0.29) is 0 Å². The van der Waals surface area contributed by atoms with Crippen LogP contribution >= 0.6 is 0 Å². The molecule has 0 aliphatic carbocycles. The van der Waals surface area contributed by atoms with Gasteiger partial charge in [0.2, 0.25) is 0 Å². The average Bonchev–Trinajstić information content (AvgIpc) is 3.55. The minimum atomic E-state index is 0.596. The maximum absolute atomic E-state index is 9.38. The van der Waals surface area contributed by atoms with E-state index in [4.69, 9.17) is 4.42 Å². The van der Waals surface area contributed by atoms with Gasteiger partial charge in [-0.2, -0.15) is 5.26 Å². The van der Waals surface area contributed by atoms with Crippen LogP contribution < -0.4 is 0 Å². The number of benzene rings is 5. The molecule has 0 fully saturated rings. The molecule has 40 heavy (non-hydrogen) atoms. The number of furan rings is 1. The Morgan fingerprint density at radius 2 is 1.40 bits per heavy atom. The van der Waals surface area contributed by atoms with Crippen LogP contribution in [0.4, 0.5) is 0 Å². The number of nitrogens with zero attached hydrogens (tertiary/aromatic N) is 3. The third-order valence-electron chi connectivity index (χ3n) is 7.67. The molecule has 4 heteroatoms. The summed E-state index contributed by atoms with van der Waals surface area (Å²) in [7, 11) is 0. The molecule has 3 aromatic heterocycles. The van der Waals surface area contributed by atoms with Crippen molar-refractivity contribution in [2.24, 2.45) is 0 Å². The number of rotatable bonds is 3. The molecule has 0 bridgehead atoms. The highest BCUT2D eigenvalue weighted by Crippen LogP contribution is 2.40. The predicted molar refractivity (Wildman–Crippen MR) is 161 cm³/mol. The van der Waals surface area contributed by atoms with Crippen molar-refractivity contribution in [2.45, 2.75) is 0 Å². The molecule has 5 aromatic carbocycles. The van der Waals surface area contributed by atoms with Gasteiger partial charge in [0, 0.05) is 38.9 Å². The van der Waals surface area contributed by atoms with Crippen LogP contribution in [-0.4, -0.2) is 9.55 Å². The lowest BCUT2D eigenvalue weighted by atomic mass is 9.99. The standard InChI is InChI=1S/C36H21N3O/c37-22-23-16-17-38-31(18-23)25-9-7-8-24(19-25)26-10-1-4-13-32(26)39-33-14-5-2-11-27(33)29-21-36-30(20-34(29)39)28-12-3-6-15-35(28)40-36/h1-21H. The predicted octanol–water partition coefficient (Wildman–Crippen LogP) is 9.28. The van der Waals surface area contributed by atoms with Crippen LogP contribution in [0.1, 0.15) is 5.56 Å². The molecule has 0 unspecified atom stereocenters. The van der Waals surface area contributed by atoms with Crippen LogP contribution in [0, 0.1) is 11.3 Å². The van der Waals surface area contributed by atoms with Crippen LogP contribution in [-0.2, 0) is 0 Å². The Hall–Kier alpha value is -5.66. The summed E-state index contributed by atoms with van der Waals surface area (Å²) in [6, 6.07) is 43.9. The number of nitriles is 1. The Kier molecular flexibility index (Phi) is 4.85. The second kappa shape index (κ2) is 8.69. The van der Waals surface area contributed by atoms with Crippen molar-refractivity contribution >= 4 is 43.7 Å². The molecule has 8 rings (SSSR count). The quantitative estimate of drug-likeness (QED) is 0.237. The highest BCUT2D eigenvalue weighted by Gasteiger charge is 2.18. The molecule has 0 aliphatic heterocycles. The molecule has 0 N–H and O–H groups in total. The Morgan fingerprint density at radius 3 is 2.33 bits per heavy atom. The number of pyridine rings is 1. The molecule has 3 heterocycles. The Labute approximate surface area is 230 Å². The van der Waals surface area contributed by atoms with E-state index in [2.05, 4.69) is 107 Å². The van der Waals surface area contributed by atoms with Crippen molar-refractivity contribution in [3.05, 3.63) is 133 Å². The maximum atomic E-state index is 9.38. The molecule has 0 radical (unpaired) electrons. The minimum Gasteiger partial charge on any atom is -0.456 e. The van der Waals surface area contributed by atoms with Crippen LogP contribution in [0.5, 0.6) is 0 Å². The summed E-state index contributed by atoms with van der Waals surface area (Å²) in [5, 5.41) is 13.9. The molecule has 0 amide bonds. The van der Waals surface area contributed by atoms with Crippen molar-refractivity contribution in [1.29, 1.82) is 5.26 Å². The third kappa shape index (κ3) is 3.35. The molecular weight excluding hydrogens is 490 g/mol. The molecule has 186 valence electrons. The van der Waals surface area contributed by atoms with Crippen molar-refractivity contribution in [1.82, 2.24) is 9.55 Å². The van der Waals surface area contributed by atoms with Crippen LogP contribution in [0.15, 0.2) is 132 Å².